The molecule has 0 spiro atoms. The SMILES string of the molecule is Cc1cccc(C(O)CNC(=O)c2cnn(C)c2Cc2ccccc2)c1. The molecule has 1 amide bonds. The molecule has 2 N–H and O–H groups in total. The number of hydrogen-bond donors (Lipinski definition) is 2. The van der Waals surface area contributed by atoms with Crippen molar-refractivity contribution in [1.82, 2.24) is 15.1 Å². The van der Waals surface area contributed by atoms with Crippen LogP contribution in [0.1, 0.15) is 38.8 Å². The lowest BCUT2D eigenvalue weighted by atomic mass is 10.1. The summed E-state index contributed by atoms with van der Waals surface area (Å²) in [5.41, 5.74) is 4.36. The number of benzene rings is 2. The van der Waals surface area contributed by atoms with Gasteiger partial charge >= 0.3 is 0 Å². The summed E-state index contributed by atoms with van der Waals surface area (Å²) in [6.07, 6.45) is 1.46. The summed E-state index contributed by atoms with van der Waals surface area (Å²) >= 11 is 0. The van der Waals surface area contributed by atoms with Crippen LogP contribution in [0.2, 0.25) is 0 Å². The highest BCUT2D eigenvalue weighted by molar-refractivity contribution is 5.95. The van der Waals surface area contributed by atoms with Crippen molar-refractivity contribution in [1.29, 1.82) is 0 Å². The molecule has 134 valence electrons. The number of nitrogens with one attached hydrogen (secondary N) is 1. The Bertz CT molecular complexity index is 887. The maximum Gasteiger partial charge on any atom is 0.254 e. The van der Waals surface area contributed by atoms with Crippen LogP contribution in [-0.2, 0) is 13.5 Å². The van der Waals surface area contributed by atoms with Crippen molar-refractivity contribution in [2.45, 2.75) is 19.4 Å². The van der Waals surface area contributed by atoms with Crippen molar-refractivity contribution in [3.8, 4) is 0 Å². The average molecular weight is 349 g/mol. The predicted octanol–water partition coefficient (Wildman–Crippen LogP) is 2.78. The highest BCUT2D eigenvalue weighted by Crippen LogP contribution is 2.16. The molecule has 1 unspecified atom stereocenters. The second-order valence-corrected chi connectivity index (χ2v) is 6.43. The van der Waals surface area contributed by atoms with E-state index in [1.54, 1.807) is 10.9 Å². The quantitative estimate of drug-likeness (QED) is 0.719. The van der Waals surface area contributed by atoms with Crippen LogP contribution in [0.25, 0.3) is 0 Å². The topological polar surface area (TPSA) is 67.2 Å². The summed E-state index contributed by atoms with van der Waals surface area (Å²) < 4.78 is 1.72. The molecule has 5 heteroatoms. The van der Waals surface area contributed by atoms with Gasteiger partial charge in [0.15, 0.2) is 0 Å². The Balaban J connectivity index is 1.68. The lowest BCUT2D eigenvalue weighted by Crippen LogP contribution is -2.29. The van der Waals surface area contributed by atoms with E-state index < -0.39 is 6.10 Å². The number of carbonyl (C=O) groups is 1. The molecule has 0 saturated carbocycles. The molecule has 1 heterocycles. The van der Waals surface area contributed by atoms with Crippen molar-refractivity contribution in [3.05, 3.63) is 88.7 Å². The highest BCUT2D eigenvalue weighted by atomic mass is 16.3. The van der Waals surface area contributed by atoms with Crippen LogP contribution < -0.4 is 5.32 Å². The zero-order chi connectivity index (χ0) is 18.5. The first kappa shape index (κ1) is 17.9. The number of nitrogens with zero attached hydrogens (tertiary/aromatic N) is 2. The van der Waals surface area contributed by atoms with Gasteiger partial charge in [0, 0.05) is 20.0 Å². The van der Waals surface area contributed by atoms with Gasteiger partial charge in [-0.15, -0.1) is 0 Å². The third kappa shape index (κ3) is 4.18. The molecular weight excluding hydrogens is 326 g/mol. The lowest BCUT2D eigenvalue weighted by molar-refractivity contribution is 0.0915. The maximum absolute atomic E-state index is 12.6. The van der Waals surface area contributed by atoms with Gasteiger partial charge in [-0.2, -0.15) is 5.10 Å². The monoisotopic (exact) mass is 349 g/mol. The van der Waals surface area contributed by atoms with Crippen LogP contribution in [0.5, 0.6) is 0 Å². The van der Waals surface area contributed by atoms with Crippen LogP contribution in [0, 0.1) is 6.92 Å². The smallest absolute Gasteiger partial charge is 0.254 e. The first-order valence-corrected chi connectivity index (χ1v) is 8.62. The molecule has 0 aliphatic rings. The Morgan fingerprint density at radius 3 is 2.69 bits per heavy atom. The summed E-state index contributed by atoms with van der Waals surface area (Å²) in [5, 5.41) is 17.4. The second-order valence-electron chi connectivity index (χ2n) is 6.43. The molecule has 0 aliphatic heterocycles. The molecule has 0 bridgehead atoms. The fourth-order valence-corrected chi connectivity index (χ4v) is 2.93. The van der Waals surface area contributed by atoms with Crippen LogP contribution in [0.4, 0.5) is 0 Å². The van der Waals surface area contributed by atoms with E-state index in [1.807, 2.05) is 68.6 Å². The number of hydrogen-bond acceptors (Lipinski definition) is 3. The molecule has 1 atom stereocenters. The zero-order valence-corrected chi connectivity index (χ0v) is 15.0. The molecule has 0 aliphatic carbocycles. The zero-order valence-electron chi connectivity index (χ0n) is 15.0. The van der Waals surface area contributed by atoms with Gasteiger partial charge < -0.3 is 10.4 Å². The molecule has 0 radical (unpaired) electrons. The van der Waals surface area contributed by atoms with Crippen molar-refractivity contribution in [2.24, 2.45) is 7.05 Å². The van der Waals surface area contributed by atoms with E-state index >= 15 is 0 Å². The van der Waals surface area contributed by atoms with E-state index in [4.69, 9.17) is 0 Å². The molecule has 0 saturated heterocycles. The van der Waals surface area contributed by atoms with E-state index in [0.717, 1.165) is 22.4 Å². The molecule has 26 heavy (non-hydrogen) atoms. The van der Waals surface area contributed by atoms with E-state index in [0.29, 0.717) is 12.0 Å². The Hall–Kier alpha value is -2.92. The third-order valence-electron chi connectivity index (χ3n) is 4.40. The minimum atomic E-state index is -0.743. The lowest BCUT2D eigenvalue weighted by Gasteiger charge is -2.13. The van der Waals surface area contributed by atoms with E-state index in [9.17, 15) is 9.90 Å². The van der Waals surface area contributed by atoms with Crippen molar-refractivity contribution < 1.29 is 9.90 Å². The van der Waals surface area contributed by atoms with E-state index in [-0.39, 0.29) is 12.5 Å². The van der Waals surface area contributed by atoms with Gasteiger partial charge in [0.1, 0.15) is 0 Å². The Kier molecular flexibility index (Phi) is 5.49. The van der Waals surface area contributed by atoms with Gasteiger partial charge in [0.2, 0.25) is 0 Å². The maximum atomic E-state index is 12.6. The molecule has 3 aromatic rings. The fraction of sp³-hybridized carbons (Fsp3) is 0.238. The molecule has 2 aromatic carbocycles. The third-order valence-corrected chi connectivity index (χ3v) is 4.40. The van der Waals surface area contributed by atoms with Crippen LogP contribution in [0.15, 0.2) is 60.8 Å². The standard InChI is InChI=1S/C21H23N3O2/c1-15-7-6-10-17(11-15)20(25)14-22-21(26)18-13-23-24(2)19(18)12-16-8-4-3-5-9-16/h3-11,13,20,25H,12,14H2,1-2H3,(H,22,26). The summed E-state index contributed by atoms with van der Waals surface area (Å²) in [5.74, 6) is -0.226. The van der Waals surface area contributed by atoms with Gasteiger partial charge in [-0.1, -0.05) is 60.2 Å². The Morgan fingerprint density at radius 2 is 1.96 bits per heavy atom. The summed E-state index contributed by atoms with van der Waals surface area (Å²) in [6, 6.07) is 17.6. The summed E-state index contributed by atoms with van der Waals surface area (Å²) in [7, 11) is 1.83. The Morgan fingerprint density at radius 1 is 1.19 bits per heavy atom. The normalized spacial score (nSPS) is 12.0. The summed E-state index contributed by atoms with van der Waals surface area (Å²) in [6.45, 7) is 2.13. The number of aryl methyl sites for hydroxylation is 2. The Labute approximate surface area is 153 Å². The van der Waals surface area contributed by atoms with Gasteiger partial charge in [0.25, 0.3) is 5.91 Å². The van der Waals surface area contributed by atoms with E-state index in [2.05, 4.69) is 10.4 Å². The van der Waals surface area contributed by atoms with Crippen LogP contribution in [0.3, 0.4) is 0 Å². The van der Waals surface area contributed by atoms with Crippen molar-refractivity contribution in [3.63, 3.8) is 0 Å². The number of aliphatic hydroxyl groups excluding tert-OH is 1. The number of rotatable bonds is 6. The minimum Gasteiger partial charge on any atom is -0.387 e. The van der Waals surface area contributed by atoms with Gasteiger partial charge in [-0.25, -0.2) is 0 Å². The first-order chi connectivity index (χ1) is 12.5. The molecule has 3 rings (SSSR count). The average Bonchev–Trinajstić information content (AvgIpc) is 3.01. The van der Waals surface area contributed by atoms with Gasteiger partial charge in [-0.05, 0) is 18.1 Å². The largest absolute Gasteiger partial charge is 0.387 e. The van der Waals surface area contributed by atoms with Crippen LogP contribution >= 0.6 is 0 Å². The first-order valence-electron chi connectivity index (χ1n) is 8.62. The van der Waals surface area contributed by atoms with Crippen LogP contribution in [-0.4, -0.2) is 27.3 Å². The van der Waals surface area contributed by atoms with Crippen molar-refractivity contribution in [2.75, 3.05) is 6.54 Å². The number of aliphatic hydroxyl groups is 1. The molecule has 1 aromatic heterocycles. The highest BCUT2D eigenvalue weighted by Gasteiger charge is 2.17. The van der Waals surface area contributed by atoms with Gasteiger partial charge in [-0.3, -0.25) is 9.48 Å². The second kappa shape index (κ2) is 7.97. The molecule has 5 nitrogen and oxygen atoms in total. The number of amides is 1. The van der Waals surface area contributed by atoms with E-state index in [1.165, 1.54) is 0 Å². The molecular formula is C21H23N3O2. The molecule has 0 fully saturated rings. The van der Waals surface area contributed by atoms with Crippen molar-refractivity contribution >= 4 is 5.91 Å². The number of carbonyl (C=O) groups excluding carboxylic acids is 1. The minimum absolute atomic E-state index is 0.155. The predicted molar refractivity (Wildman–Crippen MR) is 101 cm³/mol. The fourth-order valence-electron chi connectivity index (χ4n) is 2.93. The number of aromatic nitrogens is 2. The van der Waals surface area contributed by atoms with Gasteiger partial charge in [0.05, 0.1) is 23.6 Å². The summed E-state index contributed by atoms with van der Waals surface area (Å²) in [4.78, 5) is 12.6.